The third kappa shape index (κ3) is 5.03. The predicted molar refractivity (Wildman–Crippen MR) is 82.6 cm³/mol. The molecule has 1 aromatic heterocycles. The summed E-state index contributed by atoms with van der Waals surface area (Å²) in [6.07, 6.45) is 0. The molecule has 0 spiro atoms. The predicted octanol–water partition coefficient (Wildman–Crippen LogP) is 2.06. The van der Waals surface area contributed by atoms with Crippen LogP contribution >= 0.6 is 11.8 Å². The quantitative estimate of drug-likeness (QED) is 0.755. The molecule has 23 heavy (non-hydrogen) atoms. The van der Waals surface area contributed by atoms with Crippen LogP contribution in [0.5, 0.6) is 0 Å². The van der Waals surface area contributed by atoms with Crippen LogP contribution < -0.4 is 5.32 Å². The van der Waals surface area contributed by atoms with Gasteiger partial charge in [-0.05, 0) is 24.3 Å². The number of hydrogen-bond acceptors (Lipinski definition) is 7. The Hall–Kier alpha value is -1.94. The first-order valence-electron chi connectivity index (χ1n) is 6.52. The highest BCUT2D eigenvalue weighted by Gasteiger charge is 2.20. The molecule has 10 heteroatoms. The fourth-order valence-electron chi connectivity index (χ4n) is 1.68. The fraction of sp³-hybridized carbons (Fsp3) is 0.308. The van der Waals surface area contributed by atoms with Crippen molar-refractivity contribution in [3.63, 3.8) is 0 Å². The van der Waals surface area contributed by atoms with Gasteiger partial charge in [0.2, 0.25) is 11.8 Å². The lowest BCUT2D eigenvalue weighted by Gasteiger charge is -2.04. The maximum Gasteiger partial charge on any atom is 0.276 e. The molecule has 0 radical (unpaired) electrons. The van der Waals surface area contributed by atoms with Gasteiger partial charge in [-0.3, -0.25) is 9.18 Å². The van der Waals surface area contributed by atoms with Crippen LogP contribution in [0.2, 0.25) is 0 Å². The molecule has 0 saturated heterocycles. The zero-order valence-corrected chi connectivity index (χ0v) is 13.8. The van der Waals surface area contributed by atoms with Crippen molar-refractivity contribution < 1.29 is 22.0 Å². The summed E-state index contributed by atoms with van der Waals surface area (Å²) in [4.78, 5) is 11.0. The van der Waals surface area contributed by atoms with Gasteiger partial charge in [0.1, 0.15) is 5.75 Å². The summed E-state index contributed by atoms with van der Waals surface area (Å²) in [6, 6.07) is 5.75. The van der Waals surface area contributed by atoms with E-state index in [-0.39, 0.29) is 27.7 Å². The zero-order chi connectivity index (χ0) is 16.9. The Balaban J connectivity index is 2.09. The summed E-state index contributed by atoms with van der Waals surface area (Å²) in [5, 5.41) is 9.97. The van der Waals surface area contributed by atoms with Crippen LogP contribution in [0.1, 0.15) is 12.8 Å². The van der Waals surface area contributed by atoms with E-state index in [2.05, 4.69) is 15.5 Å². The van der Waals surface area contributed by atoms with Crippen molar-refractivity contribution >= 4 is 33.2 Å². The van der Waals surface area contributed by atoms with E-state index in [1.807, 2.05) is 0 Å². The van der Waals surface area contributed by atoms with Crippen LogP contribution in [0.3, 0.4) is 0 Å². The van der Waals surface area contributed by atoms with Gasteiger partial charge in [-0.15, -0.1) is 10.2 Å². The number of hydrogen-bond donors (Lipinski definition) is 1. The Morgan fingerprint density at radius 3 is 2.61 bits per heavy atom. The van der Waals surface area contributed by atoms with Crippen molar-refractivity contribution in [1.82, 2.24) is 10.2 Å². The average molecular weight is 359 g/mol. The molecule has 0 fully saturated rings. The Morgan fingerprint density at radius 2 is 2.00 bits per heavy atom. The number of rotatable bonds is 7. The number of sulfone groups is 1. The number of amides is 1. The van der Waals surface area contributed by atoms with Crippen LogP contribution in [-0.4, -0.2) is 36.9 Å². The van der Waals surface area contributed by atoms with Gasteiger partial charge in [-0.2, -0.15) is 0 Å². The first-order chi connectivity index (χ1) is 10.9. The molecule has 1 heterocycles. The molecule has 1 amide bonds. The Bertz CT molecular complexity index is 775. The molecule has 0 saturated carbocycles. The molecular weight excluding hydrogens is 345 g/mol. The van der Waals surface area contributed by atoms with E-state index >= 15 is 0 Å². The van der Waals surface area contributed by atoms with Gasteiger partial charge in [0, 0.05) is 18.4 Å². The topological polar surface area (TPSA) is 102 Å². The molecule has 1 N–H and O–H groups in total. The lowest BCUT2D eigenvalue weighted by Crippen LogP contribution is -2.07. The second-order valence-corrected chi connectivity index (χ2v) is 7.50. The van der Waals surface area contributed by atoms with Crippen molar-refractivity contribution in [1.29, 1.82) is 0 Å². The summed E-state index contributed by atoms with van der Waals surface area (Å²) in [5.74, 6) is -0.587. The van der Waals surface area contributed by atoms with Gasteiger partial charge in [0.25, 0.3) is 5.22 Å². The van der Waals surface area contributed by atoms with Crippen molar-refractivity contribution in [2.24, 2.45) is 0 Å². The summed E-state index contributed by atoms with van der Waals surface area (Å²) >= 11 is 1.02. The van der Waals surface area contributed by atoms with Crippen LogP contribution in [-0.2, 0) is 20.4 Å². The highest BCUT2D eigenvalue weighted by atomic mass is 32.2. The maximum atomic E-state index is 12.3. The summed E-state index contributed by atoms with van der Waals surface area (Å²) in [6.45, 7) is 0.820. The Kier molecular flexibility index (Phi) is 5.72. The minimum Gasteiger partial charge on any atom is -0.415 e. The van der Waals surface area contributed by atoms with E-state index in [4.69, 9.17) is 4.42 Å². The van der Waals surface area contributed by atoms with Crippen LogP contribution in [0.25, 0.3) is 0 Å². The van der Waals surface area contributed by atoms with Gasteiger partial charge in [-0.25, -0.2) is 8.42 Å². The molecule has 0 unspecified atom stereocenters. The minimum absolute atomic E-state index is 0.0581. The average Bonchev–Trinajstić information content (AvgIpc) is 2.92. The first-order valence-corrected chi connectivity index (χ1v) is 9.16. The molecule has 2 aromatic rings. The Labute approximate surface area is 136 Å². The third-order valence-electron chi connectivity index (χ3n) is 2.60. The van der Waals surface area contributed by atoms with E-state index in [1.165, 1.54) is 31.2 Å². The minimum atomic E-state index is -3.66. The van der Waals surface area contributed by atoms with Gasteiger partial charge < -0.3 is 9.73 Å². The number of nitrogens with zero attached hydrogens (tertiary/aromatic N) is 2. The fourth-order valence-corrected chi connectivity index (χ4v) is 3.34. The molecule has 2 rings (SSSR count). The lowest BCUT2D eigenvalue weighted by molar-refractivity contribution is -0.114. The van der Waals surface area contributed by atoms with Crippen molar-refractivity contribution in [3.8, 4) is 0 Å². The van der Waals surface area contributed by atoms with Crippen molar-refractivity contribution in [2.75, 3.05) is 17.7 Å². The van der Waals surface area contributed by atoms with E-state index in [0.717, 1.165) is 11.8 Å². The number of carbonyl (C=O) groups excluding carboxylic acids is 1. The molecule has 0 bridgehead atoms. The van der Waals surface area contributed by atoms with Crippen molar-refractivity contribution in [3.05, 3.63) is 30.2 Å². The Morgan fingerprint density at radius 1 is 1.30 bits per heavy atom. The number of nitrogens with one attached hydrogen (secondary N) is 1. The monoisotopic (exact) mass is 359 g/mol. The largest absolute Gasteiger partial charge is 0.415 e. The highest BCUT2D eigenvalue weighted by Crippen LogP contribution is 2.21. The van der Waals surface area contributed by atoms with Crippen LogP contribution in [0.15, 0.2) is 38.8 Å². The summed E-state index contributed by atoms with van der Waals surface area (Å²) in [5.41, 5.74) is 0.499. The zero-order valence-electron chi connectivity index (χ0n) is 12.2. The van der Waals surface area contributed by atoms with E-state index in [9.17, 15) is 17.6 Å². The lowest BCUT2D eigenvalue weighted by atomic mass is 10.3. The molecule has 0 atom stereocenters. The normalized spacial score (nSPS) is 11.4. The van der Waals surface area contributed by atoms with Gasteiger partial charge in [-0.1, -0.05) is 11.8 Å². The summed E-state index contributed by atoms with van der Waals surface area (Å²) < 4.78 is 41.8. The molecule has 0 aliphatic carbocycles. The molecule has 0 aliphatic heterocycles. The number of carbonyl (C=O) groups is 1. The molecule has 0 aliphatic rings. The number of anilines is 1. The van der Waals surface area contributed by atoms with Gasteiger partial charge >= 0.3 is 0 Å². The molecular formula is C13H14FN3O4S2. The van der Waals surface area contributed by atoms with Crippen LogP contribution in [0, 0.1) is 0 Å². The number of aromatic nitrogens is 2. The molecule has 124 valence electrons. The maximum absolute atomic E-state index is 12.3. The molecule has 1 aromatic carbocycles. The number of halogens is 1. The standard InChI is InChI=1S/C13H14FN3O4S2/c1-9(18)15-10-2-4-11(5-3-10)23(19,20)8-12-16-17-13(21-12)22-7-6-14/h2-5H,6-8H2,1H3,(H,15,18). The second-order valence-electron chi connectivity index (χ2n) is 4.46. The third-order valence-corrected chi connectivity index (χ3v) is 4.99. The highest BCUT2D eigenvalue weighted by molar-refractivity contribution is 7.99. The van der Waals surface area contributed by atoms with E-state index in [1.54, 1.807) is 0 Å². The number of benzene rings is 1. The smallest absolute Gasteiger partial charge is 0.276 e. The number of alkyl halides is 1. The number of thioether (sulfide) groups is 1. The second kappa shape index (κ2) is 7.55. The summed E-state index contributed by atoms with van der Waals surface area (Å²) in [7, 11) is -3.66. The van der Waals surface area contributed by atoms with E-state index in [0.29, 0.717) is 5.69 Å². The first kappa shape index (κ1) is 17.4. The van der Waals surface area contributed by atoms with Gasteiger partial charge in [0.05, 0.1) is 11.6 Å². The van der Waals surface area contributed by atoms with E-state index < -0.39 is 22.3 Å². The van der Waals surface area contributed by atoms with Crippen LogP contribution in [0.4, 0.5) is 10.1 Å². The SMILES string of the molecule is CC(=O)Nc1ccc(S(=O)(=O)Cc2nnc(SCCF)o2)cc1. The van der Waals surface area contributed by atoms with Crippen molar-refractivity contribution in [2.45, 2.75) is 22.8 Å². The van der Waals surface area contributed by atoms with Gasteiger partial charge in [0.15, 0.2) is 9.84 Å². The molecule has 7 nitrogen and oxygen atoms in total.